The second-order valence-corrected chi connectivity index (χ2v) is 5.45. The first-order chi connectivity index (χ1) is 9.83. The molecule has 0 spiro atoms. The molecule has 122 valence electrons. The van der Waals surface area contributed by atoms with Gasteiger partial charge < -0.3 is 25.6 Å². The first-order valence-corrected chi connectivity index (χ1v) is 7.10. The van der Waals surface area contributed by atoms with E-state index in [0.717, 1.165) is 0 Å². The van der Waals surface area contributed by atoms with Gasteiger partial charge in [0.2, 0.25) is 5.72 Å². The highest BCUT2D eigenvalue weighted by Gasteiger charge is 2.58. The fourth-order valence-corrected chi connectivity index (χ4v) is 1.86. The number of carboxylic acids is 1. The molecule has 2 unspecified atom stereocenters. The van der Waals surface area contributed by atoms with Crippen molar-refractivity contribution in [2.45, 2.75) is 43.9 Å². The SMILES string of the molecule is CC1(C(N)(CNCCN)OC(=O)CCCCC(=O)O)CO1. The lowest BCUT2D eigenvalue weighted by molar-refractivity contribution is -0.166. The molecule has 0 aromatic heterocycles. The van der Waals surface area contributed by atoms with Gasteiger partial charge in [-0.2, -0.15) is 0 Å². The zero-order valence-corrected chi connectivity index (χ0v) is 12.4. The van der Waals surface area contributed by atoms with Crippen LogP contribution in [0, 0.1) is 0 Å². The van der Waals surface area contributed by atoms with Gasteiger partial charge in [0.15, 0.2) is 0 Å². The van der Waals surface area contributed by atoms with Gasteiger partial charge in [0.25, 0.3) is 0 Å². The number of ether oxygens (including phenoxy) is 2. The van der Waals surface area contributed by atoms with Gasteiger partial charge in [0.05, 0.1) is 13.2 Å². The lowest BCUT2D eigenvalue weighted by atomic mass is 9.98. The summed E-state index contributed by atoms with van der Waals surface area (Å²) in [7, 11) is 0. The Balaban J connectivity index is 2.41. The van der Waals surface area contributed by atoms with Gasteiger partial charge in [-0.3, -0.25) is 15.3 Å². The van der Waals surface area contributed by atoms with Crippen LogP contribution in [0.2, 0.25) is 0 Å². The number of hydrogen-bond donors (Lipinski definition) is 4. The van der Waals surface area contributed by atoms with Crippen molar-refractivity contribution in [2.24, 2.45) is 11.5 Å². The summed E-state index contributed by atoms with van der Waals surface area (Å²) in [4.78, 5) is 22.2. The Morgan fingerprint density at radius 2 is 2.05 bits per heavy atom. The van der Waals surface area contributed by atoms with Crippen LogP contribution >= 0.6 is 0 Å². The predicted octanol–water partition coefficient (Wildman–Crippen LogP) is -0.833. The Morgan fingerprint density at radius 1 is 1.43 bits per heavy atom. The topological polar surface area (TPSA) is 140 Å². The van der Waals surface area contributed by atoms with Crippen LogP contribution in [0.5, 0.6) is 0 Å². The van der Waals surface area contributed by atoms with Crippen molar-refractivity contribution in [3.8, 4) is 0 Å². The minimum Gasteiger partial charge on any atom is -0.481 e. The molecule has 1 aliphatic heterocycles. The highest BCUT2D eigenvalue weighted by Crippen LogP contribution is 2.37. The molecule has 0 bridgehead atoms. The molecule has 1 aliphatic rings. The van der Waals surface area contributed by atoms with Crippen LogP contribution in [0.1, 0.15) is 32.6 Å². The summed E-state index contributed by atoms with van der Waals surface area (Å²) in [5.74, 6) is -1.32. The third-order valence-electron chi connectivity index (χ3n) is 3.50. The second kappa shape index (κ2) is 7.69. The van der Waals surface area contributed by atoms with E-state index in [2.05, 4.69) is 5.32 Å². The Morgan fingerprint density at radius 3 is 2.57 bits per heavy atom. The first-order valence-electron chi connectivity index (χ1n) is 7.10. The van der Waals surface area contributed by atoms with Gasteiger partial charge in [-0.15, -0.1) is 0 Å². The number of epoxide rings is 1. The average Bonchev–Trinajstić information content (AvgIpc) is 3.15. The van der Waals surface area contributed by atoms with Crippen molar-refractivity contribution in [2.75, 3.05) is 26.2 Å². The zero-order valence-electron chi connectivity index (χ0n) is 12.4. The lowest BCUT2D eigenvalue weighted by Crippen LogP contribution is -2.61. The summed E-state index contributed by atoms with van der Waals surface area (Å²) in [5.41, 5.74) is 9.63. The molecule has 0 aromatic rings. The van der Waals surface area contributed by atoms with Gasteiger partial charge in [-0.05, 0) is 19.8 Å². The Labute approximate surface area is 124 Å². The minimum atomic E-state index is -1.24. The molecule has 0 aliphatic carbocycles. The molecule has 0 radical (unpaired) electrons. The van der Waals surface area contributed by atoms with Crippen LogP contribution in [0.25, 0.3) is 0 Å². The van der Waals surface area contributed by atoms with Gasteiger partial charge >= 0.3 is 11.9 Å². The van der Waals surface area contributed by atoms with E-state index in [0.29, 0.717) is 32.5 Å². The maximum atomic E-state index is 11.9. The van der Waals surface area contributed by atoms with Crippen molar-refractivity contribution < 1.29 is 24.2 Å². The standard InChI is InChI=1S/C13H25N3O5/c1-12(9-20-12)13(15,8-16-7-6-14)21-11(19)5-3-2-4-10(17)18/h16H,2-9,14-15H2,1H3,(H,17,18). The largest absolute Gasteiger partial charge is 0.481 e. The molecule has 1 saturated heterocycles. The molecule has 2 atom stereocenters. The van der Waals surface area contributed by atoms with Gasteiger partial charge in [0.1, 0.15) is 5.60 Å². The molecule has 0 saturated carbocycles. The average molecular weight is 303 g/mol. The third-order valence-corrected chi connectivity index (χ3v) is 3.50. The quantitative estimate of drug-likeness (QED) is 0.168. The maximum absolute atomic E-state index is 11.9. The molecular weight excluding hydrogens is 278 g/mol. The van der Waals surface area contributed by atoms with E-state index in [1.807, 2.05) is 0 Å². The number of aliphatic carboxylic acids is 1. The molecule has 1 heterocycles. The number of rotatable bonds is 11. The molecule has 1 rings (SSSR count). The number of carboxylic acid groups (broad SMARTS) is 1. The molecule has 0 aromatic carbocycles. The molecule has 0 amide bonds. The van der Waals surface area contributed by atoms with E-state index in [4.69, 9.17) is 26.0 Å². The van der Waals surface area contributed by atoms with E-state index < -0.39 is 23.3 Å². The van der Waals surface area contributed by atoms with Crippen LogP contribution in [0.3, 0.4) is 0 Å². The van der Waals surface area contributed by atoms with E-state index in [1.165, 1.54) is 0 Å². The highest BCUT2D eigenvalue weighted by atomic mass is 16.6. The van der Waals surface area contributed by atoms with E-state index >= 15 is 0 Å². The van der Waals surface area contributed by atoms with Gasteiger partial charge in [-0.25, -0.2) is 0 Å². The van der Waals surface area contributed by atoms with Crippen LogP contribution in [0.4, 0.5) is 0 Å². The maximum Gasteiger partial charge on any atom is 0.307 e. The lowest BCUT2D eigenvalue weighted by Gasteiger charge is -2.33. The van der Waals surface area contributed by atoms with E-state index in [1.54, 1.807) is 6.92 Å². The summed E-state index contributed by atoms with van der Waals surface area (Å²) < 4.78 is 10.7. The molecule has 8 nitrogen and oxygen atoms in total. The molecular formula is C13H25N3O5. The second-order valence-electron chi connectivity index (χ2n) is 5.45. The number of esters is 1. The minimum absolute atomic E-state index is 0.0416. The third kappa shape index (κ3) is 5.58. The molecule has 8 heteroatoms. The van der Waals surface area contributed by atoms with Crippen LogP contribution in [-0.4, -0.2) is 54.6 Å². The van der Waals surface area contributed by atoms with E-state index in [-0.39, 0.29) is 19.4 Å². The molecule has 1 fully saturated rings. The Bertz CT molecular complexity index is 373. The van der Waals surface area contributed by atoms with E-state index in [9.17, 15) is 9.59 Å². The highest BCUT2D eigenvalue weighted by molar-refractivity contribution is 5.70. The van der Waals surface area contributed by atoms with Crippen LogP contribution in [-0.2, 0) is 19.1 Å². The van der Waals surface area contributed by atoms with Crippen molar-refractivity contribution >= 4 is 11.9 Å². The normalized spacial score (nSPS) is 23.4. The van der Waals surface area contributed by atoms with Gasteiger partial charge in [-0.1, -0.05) is 0 Å². The van der Waals surface area contributed by atoms with Crippen molar-refractivity contribution in [3.05, 3.63) is 0 Å². The fraction of sp³-hybridized carbons (Fsp3) is 0.846. The summed E-state index contributed by atoms with van der Waals surface area (Å²) in [6.07, 6.45) is 1.06. The first kappa shape index (κ1) is 17.8. The number of nitrogens with two attached hydrogens (primary N) is 2. The van der Waals surface area contributed by atoms with Crippen molar-refractivity contribution in [3.63, 3.8) is 0 Å². The van der Waals surface area contributed by atoms with Crippen molar-refractivity contribution in [1.29, 1.82) is 0 Å². The Kier molecular flexibility index (Phi) is 6.53. The molecule has 21 heavy (non-hydrogen) atoms. The number of unbranched alkanes of at least 4 members (excludes halogenated alkanes) is 1. The smallest absolute Gasteiger partial charge is 0.307 e. The monoisotopic (exact) mass is 303 g/mol. The Hall–Kier alpha value is -1.22. The van der Waals surface area contributed by atoms with Crippen molar-refractivity contribution in [1.82, 2.24) is 5.32 Å². The number of carbonyl (C=O) groups is 2. The summed E-state index contributed by atoms with van der Waals surface area (Å²) in [5, 5.41) is 11.6. The number of nitrogens with one attached hydrogen (secondary N) is 1. The molecule has 6 N–H and O–H groups in total. The summed E-state index contributed by atoms with van der Waals surface area (Å²) >= 11 is 0. The van der Waals surface area contributed by atoms with Gasteiger partial charge in [0, 0.05) is 25.9 Å². The predicted molar refractivity (Wildman–Crippen MR) is 75.4 cm³/mol. The number of hydrogen-bond acceptors (Lipinski definition) is 7. The van der Waals surface area contributed by atoms with Crippen LogP contribution in [0.15, 0.2) is 0 Å². The fourth-order valence-electron chi connectivity index (χ4n) is 1.86. The summed E-state index contributed by atoms with van der Waals surface area (Å²) in [6.45, 7) is 3.48. The van der Waals surface area contributed by atoms with Crippen LogP contribution < -0.4 is 16.8 Å². The number of carbonyl (C=O) groups excluding carboxylic acids is 1. The summed E-state index contributed by atoms with van der Waals surface area (Å²) in [6, 6.07) is 0. The zero-order chi connectivity index (χ0) is 15.9.